The molecule has 2 aromatic carbocycles. The van der Waals surface area contributed by atoms with Crippen LogP contribution in [0.5, 0.6) is 0 Å². The van der Waals surface area contributed by atoms with Crippen LogP contribution in [0.15, 0.2) is 48.5 Å². The molecule has 20 heavy (non-hydrogen) atoms. The summed E-state index contributed by atoms with van der Waals surface area (Å²) < 4.78 is 13.2. The topological polar surface area (TPSA) is 0 Å². The van der Waals surface area contributed by atoms with E-state index in [9.17, 15) is 4.39 Å². The van der Waals surface area contributed by atoms with Gasteiger partial charge in [-0.25, -0.2) is 4.39 Å². The van der Waals surface area contributed by atoms with E-state index >= 15 is 0 Å². The Kier molecular flexibility index (Phi) is 4.17. The summed E-state index contributed by atoms with van der Waals surface area (Å²) >= 11 is 0. The van der Waals surface area contributed by atoms with Crippen LogP contribution >= 0.6 is 7.92 Å². The Hall–Kier alpha value is -1.20. The zero-order valence-electron chi connectivity index (χ0n) is 11.8. The molecule has 0 radical (unpaired) electrons. The SMILES string of the molecule is Cc1ccc(P(c2ccc(F)cc2)C2CCCC2)cc1. The summed E-state index contributed by atoms with van der Waals surface area (Å²) in [5.41, 5.74) is 2.06. The second-order valence-electron chi connectivity index (χ2n) is 5.62. The summed E-state index contributed by atoms with van der Waals surface area (Å²) in [5.74, 6) is -0.140. The monoisotopic (exact) mass is 286 g/mol. The molecule has 0 N–H and O–H groups in total. The predicted octanol–water partition coefficient (Wildman–Crippen LogP) is 4.51. The molecule has 1 saturated carbocycles. The van der Waals surface area contributed by atoms with Crippen molar-refractivity contribution in [1.29, 1.82) is 0 Å². The van der Waals surface area contributed by atoms with Gasteiger partial charge in [0.05, 0.1) is 0 Å². The van der Waals surface area contributed by atoms with Gasteiger partial charge in [0.15, 0.2) is 0 Å². The van der Waals surface area contributed by atoms with Crippen LogP contribution < -0.4 is 10.6 Å². The van der Waals surface area contributed by atoms with Crippen molar-refractivity contribution < 1.29 is 4.39 Å². The molecule has 1 fully saturated rings. The minimum Gasteiger partial charge on any atom is -0.207 e. The Labute approximate surface area is 121 Å². The van der Waals surface area contributed by atoms with Gasteiger partial charge < -0.3 is 0 Å². The molecule has 0 bridgehead atoms. The average Bonchev–Trinajstić information content (AvgIpc) is 2.97. The van der Waals surface area contributed by atoms with Gasteiger partial charge in [-0.1, -0.05) is 54.8 Å². The lowest BCUT2D eigenvalue weighted by atomic mass is 10.2. The molecule has 1 aliphatic carbocycles. The summed E-state index contributed by atoms with van der Waals surface area (Å²) in [7, 11) is -0.343. The first-order chi connectivity index (χ1) is 9.74. The van der Waals surface area contributed by atoms with Gasteiger partial charge >= 0.3 is 0 Å². The van der Waals surface area contributed by atoms with Gasteiger partial charge in [0.25, 0.3) is 0 Å². The van der Waals surface area contributed by atoms with Gasteiger partial charge in [0.1, 0.15) is 5.82 Å². The summed E-state index contributed by atoms with van der Waals surface area (Å²) in [6, 6.07) is 16.1. The molecule has 0 aliphatic heterocycles. The molecule has 2 aromatic rings. The van der Waals surface area contributed by atoms with E-state index in [0.29, 0.717) is 0 Å². The van der Waals surface area contributed by atoms with Crippen molar-refractivity contribution in [3.05, 3.63) is 59.9 Å². The highest BCUT2D eigenvalue weighted by molar-refractivity contribution is 7.73. The third kappa shape index (κ3) is 2.94. The van der Waals surface area contributed by atoms with Crippen molar-refractivity contribution in [3.63, 3.8) is 0 Å². The molecule has 1 unspecified atom stereocenters. The normalized spacial score (nSPS) is 17.3. The highest BCUT2D eigenvalue weighted by Gasteiger charge is 2.27. The fourth-order valence-corrected chi connectivity index (χ4v) is 6.00. The van der Waals surface area contributed by atoms with Crippen molar-refractivity contribution in [2.75, 3.05) is 0 Å². The van der Waals surface area contributed by atoms with Crippen LogP contribution in [-0.4, -0.2) is 5.66 Å². The van der Waals surface area contributed by atoms with Gasteiger partial charge in [-0.2, -0.15) is 0 Å². The van der Waals surface area contributed by atoms with E-state index in [-0.39, 0.29) is 13.7 Å². The minimum atomic E-state index is -0.343. The molecule has 0 amide bonds. The van der Waals surface area contributed by atoms with Crippen LogP contribution in [0.2, 0.25) is 0 Å². The molecule has 1 atom stereocenters. The van der Waals surface area contributed by atoms with Crippen LogP contribution in [0.4, 0.5) is 4.39 Å². The second-order valence-corrected chi connectivity index (χ2v) is 8.12. The second kappa shape index (κ2) is 6.06. The zero-order chi connectivity index (χ0) is 13.9. The van der Waals surface area contributed by atoms with Gasteiger partial charge in [-0.3, -0.25) is 0 Å². The lowest BCUT2D eigenvalue weighted by Crippen LogP contribution is -2.19. The number of hydrogen-bond acceptors (Lipinski definition) is 0. The first-order valence-electron chi connectivity index (χ1n) is 7.35. The number of halogens is 1. The third-order valence-electron chi connectivity index (χ3n) is 4.11. The highest BCUT2D eigenvalue weighted by atomic mass is 31.1. The van der Waals surface area contributed by atoms with E-state index in [1.54, 1.807) is 12.1 Å². The van der Waals surface area contributed by atoms with Gasteiger partial charge in [0, 0.05) is 0 Å². The van der Waals surface area contributed by atoms with E-state index in [2.05, 4.69) is 31.2 Å². The maximum absolute atomic E-state index is 13.2. The van der Waals surface area contributed by atoms with E-state index in [1.165, 1.54) is 41.9 Å². The number of rotatable bonds is 3. The van der Waals surface area contributed by atoms with Crippen LogP contribution in [0, 0.1) is 12.7 Å². The largest absolute Gasteiger partial charge is 0.207 e. The number of benzene rings is 2. The minimum absolute atomic E-state index is 0.140. The van der Waals surface area contributed by atoms with Crippen molar-refractivity contribution in [1.82, 2.24) is 0 Å². The van der Waals surface area contributed by atoms with Crippen molar-refractivity contribution in [3.8, 4) is 0 Å². The fourth-order valence-electron chi connectivity index (χ4n) is 3.04. The molecular formula is C18H20FP. The Balaban J connectivity index is 1.98. The zero-order valence-corrected chi connectivity index (χ0v) is 12.7. The lowest BCUT2D eigenvalue weighted by molar-refractivity contribution is 0.628. The van der Waals surface area contributed by atoms with Crippen molar-refractivity contribution in [2.24, 2.45) is 0 Å². The van der Waals surface area contributed by atoms with E-state index < -0.39 is 0 Å². The Morgan fingerprint density at radius 2 is 1.35 bits per heavy atom. The van der Waals surface area contributed by atoms with Crippen LogP contribution in [-0.2, 0) is 0 Å². The quantitative estimate of drug-likeness (QED) is 0.728. The highest BCUT2D eigenvalue weighted by Crippen LogP contribution is 2.47. The molecule has 2 heteroatoms. The molecule has 1 aliphatic rings. The maximum atomic E-state index is 13.2. The Bertz CT molecular complexity index is 507. The third-order valence-corrected chi connectivity index (χ3v) is 7.06. The first-order valence-corrected chi connectivity index (χ1v) is 8.76. The molecule has 0 nitrogen and oxygen atoms in total. The van der Waals surface area contributed by atoms with Crippen molar-refractivity contribution in [2.45, 2.75) is 38.3 Å². The molecule has 0 aromatic heterocycles. The first kappa shape index (κ1) is 13.8. The van der Waals surface area contributed by atoms with E-state index in [0.717, 1.165) is 5.66 Å². The number of hydrogen-bond donors (Lipinski definition) is 0. The Morgan fingerprint density at radius 3 is 1.90 bits per heavy atom. The molecule has 3 rings (SSSR count). The van der Waals surface area contributed by atoms with Crippen LogP contribution in [0.3, 0.4) is 0 Å². The average molecular weight is 286 g/mol. The maximum Gasteiger partial charge on any atom is 0.123 e. The van der Waals surface area contributed by atoms with E-state index in [1.807, 2.05) is 12.1 Å². The predicted molar refractivity (Wildman–Crippen MR) is 86.0 cm³/mol. The summed E-state index contributed by atoms with van der Waals surface area (Å²) in [5, 5.41) is 2.75. The molecule has 0 saturated heterocycles. The summed E-state index contributed by atoms with van der Waals surface area (Å²) in [6.45, 7) is 2.12. The van der Waals surface area contributed by atoms with Gasteiger partial charge in [-0.05, 0) is 56.1 Å². The standard InChI is InChI=1S/C18H20FP/c1-14-6-10-17(11-7-14)20(16-4-2-3-5-16)18-12-8-15(19)9-13-18/h6-13,16H,2-5H2,1H3. The molecule has 104 valence electrons. The molecule has 0 spiro atoms. The van der Waals surface area contributed by atoms with E-state index in [4.69, 9.17) is 0 Å². The Morgan fingerprint density at radius 1 is 0.850 bits per heavy atom. The molecule has 0 heterocycles. The van der Waals surface area contributed by atoms with Crippen LogP contribution in [0.1, 0.15) is 31.2 Å². The smallest absolute Gasteiger partial charge is 0.123 e. The van der Waals surface area contributed by atoms with Crippen molar-refractivity contribution >= 4 is 18.5 Å². The lowest BCUT2D eigenvalue weighted by Gasteiger charge is -2.25. The summed E-state index contributed by atoms with van der Waals surface area (Å²) in [6.07, 6.45) is 5.32. The van der Waals surface area contributed by atoms with Gasteiger partial charge in [0.2, 0.25) is 0 Å². The fraction of sp³-hybridized carbons (Fsp3) is 0.333. The number of aryl methyl sites for hydroxylation is 1. The molecular weight excluding hydrogens is 266 g/mol. The van der Waals surface area contributed by atoms with Gasteiger partial charge in [-0.15, -0.1) is 0 Å². The summed E-state index contributed by atoms with van der Waals surface area (Å²) in [4.78, 5) is 0. The van der Waals surface area contributed by atoms with Crippen LogP contribution in [0.25, 0.3) is 0 Å².